The highest BCUT2D eigenvalue weighted by Gasteiger charge is 2.20. The second-order valence-electron chi connectivity index (χ2n) is 4.59. The van der Waals surface area contributed by atoms with Crippen molar-refractivity contribution in [1.82, 2.24) is 0 Å². The SMILES string of the molecule is CC(=O)N1CCCc2ccc(N=C(N)N=C(N)N)cc21. The summed E-state index contributed by atoms with van der Waals surface area (Å²) in [7, 11) is 0. The monoisotopic (exact) mass is 274 g/mol. The molecule has 0 bridgehead atoms. The van der Waals surface area contributed by atoms with Gasteiger partial charge in [-0.25, -0.2) is 4.99 Å². The highest BCUT2D eigenvalue weighted by atomic mass is 16.2. The van der Waals surface area contributed by atoms with Crippen molar-refractivity contribution in [2.24, 2.45) is 27.2 Å². The van der Waals surface area contributed by atoms with Gasteiger partial charge in [-0.2, -0.15) is 4.99 Å². The zero-order chi connectivity index (χ0) is 14.7. The van der Waals surface area contributed by atoms with E-state index in [-0.39, 0.29) is 17.8 Å². The predicted octanol–water partition coefficient (Wildman–Crippen LogP) is 0.205. The predicted molar refractivity (Wildman–Crippen MR) is 79.9 cm³/mol. The Morgan fingerprint density at radius 1 is 1.30 bits per heavy atom. The number of aryl methyl sites for hydroxylation is 1. The Bertz CT molecular complexity index is 589. The maximum atomic E-state index is 11.7. The molecule has 0 aromatic heterocycles. The van der Waals surface area contributed by atoms with Crippen LogP contribution in [-0.4, -0.2) is 24.4 Å². The molecule has 1 aliphatic rings. The number of hydrogen-bond acceptors (Lipinski definition) is 2. The highest BCUT2D eigenvalue weighted by Crippen LogP contribution is 2.31. The largest absolute Gasteiger partial charge is 0.370 e. The molecule has 20 heavy (non-hydrogen) atoms. The number of nitrogens with two attached hydrogens (primary N) is 3. The minimum atomic E-state index is -0.144. The van der Waals surface area contributed by atoms with Crippen LogP contribution in [0.1, 0.15) is 18.9 Å². The fourth-order valence-electron chi connectivity index (χ4n) is 2.25. The third-order valence-electron chi connectivity index (χ3n) is 3.05. The molecule has 6 N–H and O–H groups in total. The lowest BCUT2D eigenvalue weighted by Gasteiger charge is -2.28. The molecule has 0 fully saturated rings. The fourth-order valence-corrected chi connectivity index (χ4v) is 2.25. The molecular formula is C13H18N6O. The molecule has 0 radical (unpaired) electrons. The maximum Gasteiger partial charge on any atom is 0.223 e. The van der Waals surface area contributed by atoms with Crippen molar-refractivity contribution in [3.05, 3.63) is 23.8 Å². The van der Waals surface area contributed by atoms with Crippen LogP contribution >= 0.6 is 0 Å². The van der Waals surface area contributed by atoms with Crippen molar-refractivity contribution in [3.8, 4) is 0 Å². The molecule has 2 rings (SSSR count). The van der Waals surface area contributed by atoms with Crippen LogP contribution < -0.4 is 22.1 Å². The first kappa shape index (κ1) is 13.9. The Hall–Kier alpha value is -2.57. The molecule has 7 heteroatoms. The van der Waals surface area contributed by atoms with Gasteiger partial charge in [0.05, 0.1) is 5.69 Å². The van der Waals surface area contributed by atoms with Crippen molar-refractivity contribution < 1.29 is 4.79 Å². The lowest BCUT2D eigenvalue weighted by molar-refractivity contribution is -0.116. The molecule has 1 amide bonds. The van der Waals surface area contributed by atoms with Gasteiger partial charge < -0.3 is 22.1 Å². The number of benzene rings is 1. The fraction of sp³-hybridized carbons (Fsp3) is 0.308. The average molecular weight is 274 g/mol. The number of guanidine groups is 2. The molecule has 1 aromatic carbocycles. The van der Waals surface area contributed by atoms with Gasteiger partial charge in [-0.3, -0.25) is 4.79 Å². The highest BCUT2D eigenvalue weighted by molar-refractivity contribution is 5.95. The topological polar surface area (TPSA) is 123 Å². The van der Waals surface area contributed by atoms with Crippen LogP contribution in [0.5, 0.6) is 0 Å². The Morgan fingerprint density at radius 3 is 2.70 bits per heavy atom. The van der Waals surface area contributed by atoms with E-state index >= 15 is 0 Å². The van der Waals surface area contributed by atoms with Crippen LogP contribution in [0.4, 0.5) is 11.4 Å². The first-order valence-electron chi connectivity index (χ1n) is 6.32. The van der Waals surface area contributed by atoms with Crippen LogP contribution in [0.3, 0.4) is 0 Å². The van der Waals surface area contributed by atoms with E-state index in [0.29, 0.717) is 5.69 Å². The summed E-state index contributed by atoms with van der Waals surface area (Å²) in [6, 6.07) is 5.61. The van der Waals surface area contributed by atoms with Gasteiger partial charge in [0.1, 0.15) is 0 Å². The Kier molecular flexibility index (Phi) is 3.88. The lowest BCUT2D eigenvalue weighted by Crippen LogP contribution is -2.33. The van der Waals surface area contributed by atoms with E-state index < -0.39 is 0 Å². The molecule has 0 unspecified atom stereocenters. The second kappa shape index (κ2) is 5.60. The summed E-state index contributed by atoms with van der Waals surface area (Å²) in [5.41, 5.74) is 18.7. The lowest BCUT2D eigenvalue weighted by atomic mass is 10.0. The summed E-state index contributed by atoms with van der Waals surface area (Å²) < 4.78 is 0. The van der Waals surface area contributed by atoms with Crippen molar-refractivity contribution in [3.63, 3.8) is 0 Å². The van der Waals surface area contributed by atoms with E-state index in [4.69, 9.17) is 17.2 Å². The summed E-state index contributed by atoms with van der Waals surface area (Å²) in [5, 5.41) is 0. The van der Waals surface area contributed by atoms with Gasteiger partial charge in [-0.15, -0.1) is 0 Å². The second-order valence-corrected chi connectivity index (χ2v) is 4.59. The maximum absolute atomic E-state index is 11.7. The zero-order valence-electron chi connectivity index (χ0n) is 11.3. The van der Waals surface area contributed by atoms with Gasteiger partial charge >= 0.3 is 0 Å². The van der Waals surface area contributed by atoms with Crippen LogP contribution in [0.2, 0.25) is 0 Å². The van der Waals surface area contributed by atoms with Gasteiger partial charge in [0.15, 0.2) is 5.96 Å². The minimum Gasteiger partial charge on any atom is -0.370 e. The molecule has 1 aromatic rings. The quantitative estimate of drug-likeness (QED) is 0.500. The number of amides is 1. The van der Waals surface area contributed by atoms with Crippen LogP contribution in [-0.2, 0) is 11.2 Å². The summed E-state index contributed by atoms with van der Waals surface area (Å²) in [6.45, 7) is 2.28. The third-order valence-corrected chi connectivity index (χ3v) is 3.05. The first-order chi connectivity index (χ1) is 9.47. The summed E-state index contributed by atoms with van der Waals surface area (Å²) in [6.07, 6.45) is 1.91. The van der Waals surface area contributed by atoms with Crippen molar-refractivity contribution >= 4 is 29.2 Å². The van der Waals surface area contributed by atoms with E-state index in [0.717, 1.165) is 30.6 Å². The Labute approximate surface area is 117 Å². The number of rotatable bonds is 1. The normalized spacial score (nSPS) is 14.7. The van der Waals surface area contributed by atoms with Crippen LogP contribution in [0.15, 0.2) is 28.2 Å². The van der Waals surface area contributed by atoms with Gasteiger partial charge in [-0.05, 0) is 30.5 Å². The number of aliphatic imine (C=N–C) groups is 2. The number of hydrogen-bond donors (Lipinski definition) is 3. The molecule has 0 spiro atoms. The summed E-state index contributed by atoms with van der Waals surface area (Å²) in [5.74, 6) is -0.144. The Balaban J connectivity index is 2.37. The van der Waals surface area contributed by atoms with Gasteiger partial charge in [-0.1, -0.05) is 6.07 Å². The molecule has 1 aliphatic heterocycles. The van der Waals surface area contributed by atoms with Gasteiger partial charge in [0, 0.05) is 19.2 Å². The molecule has 0 saturated heterocycles. The molecular weight excluding hydrogens is 256 g/mol. The molecule has 0 saturated carbocycles. The average Bonchev–Trinajstić information content (AvgIpc) is 2.36. The van der Waals surface area contributed by atoms with E-state index in [1.807, 2.05) is 18.2 Å². The van der Waals surface area contributed by atoms with E-state index in [9.17, 15) is 4.79 Å². The standard InChI is InChI=1S/C13H18N6O/c1-8(20)19-6-2-3-9-4-5-10(7-11(9)19)17-13(16)18-12(14)15/h4-5,7H,2-3,6H2,1H3,(H6,14,15,16,17,18). The van der Waals surface area contributed by atoms with Gasteiger partial charge in [0.2, 0.25) is 11.9 Å². The van der Waals surface area contributed by atoms with Crippen molar-refractivity contribution in [2.45, 2.75) is 19.8 Å². The first-order valence-corrected chi connectivity index (χ1v) is 6.32. The van der Waals surface area contributed by atoms with Crippen molar-refractivity contribution in [1.29, 1.82) is 0 Å². The smallest absolute Gasteiger partial charge is 0.223 e. The summed E-state index contributed by atoms with van der Waals surface area (Å²) >= 11 is 0. The van der Waals surface area contributed by atoms with E-state index in [2.05, 4.69) is 9.98 Å². The number of carbonyl (C=O) groups excluding carboxylic acids is 1. The minimum absolute atomic E-state index is 0.0178. The van der Waals surface area contributed by atoms with Crippen molar-refractivity contribution in [2.75, 3.05) is 11.4 Å². The van der Waals surface area contributed by atoms with E-state index in [1.54, 1.807) is 11.8 Å². The zero-order valence-corrected chi connectivity index (χ0v) is 11.3. The molecule has 106 valence electrons. The molecule has 0 aliphatic carbocycles. The van der Waals surface area contributed by atoms with E-state index in [1.165, 1.54) is 0 Å². The Morgan fingerprint density at radius 2 is 2.05 bits per heavy atom. The van der Waals surface area contributed by atoms with Crippen LogP contribution in [0, 0.1) is 0 Å². The van der Waals surface area contributed by atoms with Gasteiger partial charge in [0.25, 0.3) is 0 Å². The molecule has 0 atom stereocenters. The number of nitrogens with zero attached hydrogens (tertiary/aromatic N) is 3. The number of fused-ring (bicyclic) bond motifs is 1. The number of anilines is 1. The molecule has 7 nitrogen and oxygen atoms in total. The molecule has 1 heterocycles. The number of carbonyl (C=O) groups is 1. The summed E-state index contributed by atoms with van der Waals surface area (Å²) in [4.78, 5) is 21.2. The third kappa shape index (κ3) is 3.05. The van der Waals surface area contributed by atoms with Crippen LogP contribution in [0.25, 0.3) is 0 Å².